The van der Waals surface area contributed by atoms with Gasteiger partial charge in [-0.2, -0.15) is 0 Å². The lowest BCUT2D eigenvalue weighted by molar-refractivity contribution is -0.122. The van der Waals surface area contributed by atoms with Gasteiger partial charge in [0.2, 0.25) is 0 Å². The third-order valence-electron chi connectivity index (χ3n) is 2.83. The fourth-order valence-electron chi connectivity index (χ4n) is 1.76. The van der Waals surface area contributed by atoms with Gasteiger partial charge in [-0.25, -0.2) is 0 Å². The number of aromatic hydroxyl groups is 1. The fourth-order valence-corrected chi connectivity index (χ4v) is 3.06. The van der Waals surface area contributed by atoms with Crippen LogP contribution in [-0.4, -0.2) is 26.8 Å². The van der Waals surface area contributed by atoms with Gasteiger partial charge in [0, 0.05) is 12.1 Å². The largest absolute Gasteiger partial charge is 0.507 e. The molecule has 0 aliphatic carbocycles. The van der Waals surface area contributed by atoms with E-state index in [4.69, 9.17) is 12.2 Å². The lowest BCUT2D eigenvalue weighted by atomic mass is 10.2. The van der Waals surface area contributed by atoms with Crippen molar-refractivity contribution in [1.29, 1.82) is 0 Å². The molecule has 0 saturated carbocycles. The van der Waals surface area contributed by atoms with Gasteiger partial charge in [0.05, 0.1) is 4.91 Å². The van der Waals surface area contributed by atoms with Crippen molar-refractivity contribution in [3.05, 3.63) is 34.7 Å². The molecule has 0 unspecified atom stereocenters. The van der Waals surface area contributed by atoms with Crippen molar-refractivity contribution in [2.45, 2.75) is 19.8 Å². The molecule has 0 atom stereocenters. The minimum absolute atomic E-state index is 0.0632. The molecule has 0 bridgehead atoms. The zero-order chi connectivity index (χ0) is 13.8. The number of benzene rings is 1. The zero-order valence-corrected chi connectivity index (χ0v) is 12.3. The first-order valence-electron chi connectivity index (χ1n) is 6.17. The normalized spacial score (nSPS) is 17.5. The second-order valence-corrected chi connectivity index (χ2v) is 5.92. The molecule has 0 aromatic heterocycles. The van der Waals surface area contributed by atoms with Crippen molar-refractivity contribution in [3.63, 3.8) is 0 Å². The van der Waals surface area contributed by atoms with Gasteiger partial charge >= 0.3 is 0 Å². The number of unbranched alkanes of at least 4 members (excludes halogenated alkanes) is 1. The van der Waals surface area contributed by atoms with E-state index < -0.39 is 0 Å². The number of para-hydroxylation sites is 1. The van der Waals surface area contributed by atoms with Crippen LogP contribution in [0.3, 0.4) is 0 Å². The molecule has 5 heteroatoms. The van der Waals surface area contributed by atoms with Crippen LogP contribution < -0.4 is 0 Å². The second kappa shape index (κ2) is 6.21. The molecule has 100 valence electrons. The predicted octanol–water partition coefficient (Wildman–Crippen LogP) is 3.39. The first-order valence-corrected chi connectivity index (χ1v) is 7.39. The number of hydrogen-bond acceptors (Lipinski definition) is 4. The summed E-state index contributed by atoms with van der Waals surface area (Å²) in [6.07, 6.45) is 3.66. The van der Waals surface area contributed by atoms with Crippen molar-refractivity contribution in [2.75, 3.05) is 6.54 Å². The lowest BCUT2D eigenvalue weighted by Gasteiger charge is -2.13. The molecule has 2 rings (SSSR count). The van der Waals surface area contributed by atoms with Gasteiger partial charge in [-0.3, -0.25) is 9.69 Å². The molecule has 1 aromatic carbocycles. The molecule has 1 aliphatic heterocycles. The standard InChI is InChI=1S/C14H15NO2S2/c1-2-3-8-15-13(17)12(19-14(15)18)9-10-6-4-5-7-11(10)16/h4-7,9,16H,2-3,8H2,1H3/b12-9+. The van der Waals surface area contributed by atoms with Crippen LogP contribution in [-0.2, 0) is 4.79 Å². The van der Waals surface area contributed by atoms with E-state index in [1.165, 1.54) is 11.8 Å². The summed E-state index contributed by atoms with van der Waals surface area (Å²) in [5.41, 5.74) is 0.637. The minimum atomic E-state index is -0.0632. The number of thiocarbonyl (C=S) groups is 1. The summed E-state index contributed by atoms with van der Waals surface area (Å²) in [7, 11) is 0. The van der Waals surface area contributed by atoms with Crippen LogP contribution in [0.15, 0.2) is 29.2 Å². The molecular formula is C14H15NO2S2. The molecule has 19 heavy (non-hydrogen) atoms. The molecule has 1 N–H and O–H groups in total. The number of thioether (sulfide) groups is 1. The summed E-state index contributed by atoms with van der Waals surface area (Å²) in [5, 5.41) is 9.72. The number of phenols is 1. The summed E-state index contributed by atoms with van der Waals surface area (Å²) in [6.45, 7) is 2.74. The number of hydrogen-bond donors (Lipinski definition) is 1. The Hall–Kier alpha value is -1.33. The minimum Gasteiger partial charge on any atom is -0.507 e. The molecule has 1 aliphatic rings. The number of nitrogens with zero attached hydrogens (tertiary/aromatic N) is 1. The van der Waals surface area contributed by atoms with Crippen LogP contribution in [0.1, 0.15) is 25.3 Å². The molecule has 1 amide bonds. The summed E-state index contributed by atoms with van der Waals surface area (Å²) >= 11 is 6.52. The van der Waals surface area contributed by atoms with E-state index >= 15 is 0 Å². The van der Waals surface area contributed by atoms with Crippen molar-refractivity contribution in [3.8, 4) is 5.75 Å². The number of amides is 1. The smallest absolute Gasteiger partial charge is 0.266 e. The quantitative estimate of drug-likeness (QED) is 0.682. The summed E-state index contributed by atoms with van der Waals surface area (Å²) in [6, 6.07) is 6.94. The van der Waals surface area contributed by atoms with Gasteiger partial charge < -0.3 is 5.11 Å². The van der Waals surface area contributed by atoms with Crippen molar-refractivity contribution in [2.24, 2.45) is 0 Å². The Kier molecular flexibility index (Phi) is 4.61. The summed E-state index contributed by atoms with van der Waals surface area (Å²) in [4.78, 5) is 14.4. The first kappa shape index (κ1) is 14.1. The van der Waals surface area contributed by atoms with Gasteiger partial charge in [-0.1, -0.05) is 55.5 Å². The van der Waals surface area contributed by atoms with E-state index in [0.29, 0.717) is 21.3 Å². The van der Waals surface area contributed by atoms with Gasteiger partial charge in [-0.05, 0) is 18.6 Å². The van der Waals surface area contributed by atoms with Crippen molar-refractivity contribution < 1.29 is 9.90 Å². The maximum absolute atomic E-state index is 12.2. The Morgan fingerprint density at radius 3 is 2.84 bits per heavy atom. The molecule has 1 aromatic rings. The highest BCUT2D eigenvalue weighted by Gasteiger charge is 2.31. The topological polar surface area (TPSA) is 40.5 Å². The molecule has 1 saturated heterocycles. The third-order valence-corrected chi connectivity index (χ3v) is 4.21. The van der Waals surface area contributed by atoms with E-state index in [9.17, 15) is 9.90 Å². The average Bonchev–Trinajstić information content (AvgIpc) is 2.65. The van der Waals surface area contributed by atoms with Crippen LogP contribution in [0.5, 0.6) is 5.75 Å². The van der Waals surface area contributed by atoms with Crippen LogP contribution in [0.2, 0.25) is 0 Å². The number of rotatable bonds is 4. The van der Waals surface area contributed by atoms with E-state index in [2.05, 4.69) is 6.92 Å². The maximum atomic E-state index is 12.2. The molecule has 1 heterocycles. The Labute approximate surface area is 122 Å². The SMILES string of the molecule is CCCCN1C(=O)/C(=C\c2ccccc2O)SC1=S. The fraction of sp³-hybridized carbons (Fsp3) is 0.286. The number of carbonyl (C=O) groups excluding carboxylic acids is 1. The number of phenolic OH excluding ortho intramolecular Hbond substituents is 1. The van der Waals surface area contributed by atoms with Crippen LogP contribution in [0.25, 0.3) is 6.08 Å². The van der Waals surface area contributed by atoms with Crippen LogP contribution in [0, 0.1) is 0 Å². The Morgan fingerprint density at radius 2 is 2.16 bits per heavy atom. The van der Waals surface area contributed by atoms with Crippen molar-refractivity contribution in [1.82, 2.24) is 4.90 Å². The Bertz CT molecular complexity index is 540. The van der Waals surface area contributed by atoms with Crippen molar-refractivity contribution >= 4 is 40.3 Å². The predicted molar refractivity (Wildman–Crippen MR) is 82.9 cm³/mol. The van der Waals surface area contributed by atoms with E-state index in [-0.39, 0.29) is 11.7 Å². The molecule has 0 spiro atoms. The van der Waals surface area contributed by atoms with E-state index in [1.807, 2.05) is 6.07 Å². The number of carbonyl (C=O) groups is 1. The lowest BCUT2D eigenvalue weighted by Crippen LogP contribution is -2.28. The highest BCUT2D eigenvalue weighted by molar-refractivity contribution is 8.26. The van der Waals surface area contributed by atoms with Crippen LogP contribution >= 0.6 is 24.0 Å². The maximum Gasteiger partial charge on any atom is 0.266 e. The zero-order valence-electron chi connectivity index (χ0n) is 10.6. The molecule has 0 radical (unpaired) electrons. The van der Waals surface area contributed by atoms with Gasteiger partial charge in [-0.15, -0.1) is 0 Å². The van der Waals surface area contributed by atoms with Gasteiger partial charge in [0.25, 0.3) is 5.91 Å². The summed E-state index contributed by atoms with van der Waals surface area (Å²) < 4.78 is 0.597. The second-order valence-electron chi connectivity index (χ2n) is 4.25. The Balaban J connectivity index is 2.21. The third kappa shape index (κ3) is 3.16. The van der Waals surface area contributed by atoms with E-state index in [0.717, 1.165) is 12.8 Å². The highest BCUT2D eigenvalue weighted by atomic mass is 32.2. The monoisotopic (exact) mass is 293 g/mol. The summed E-state index contributed by atoms with van der Waals surface area (Å²) in [5.74, 6) is 0.105. The molecule has 3 nitrogen and oxygen atoms in total. The molecular weight excluding hydrogens is 278 g/mol. The average molecular weight is 293 g/mol. The first-order chi connectivity index (χ1) is 9.13. The highest BCUT2D eigenvalue weighted by Crippen LogP contribution is 2.34. The van der Waals surface area contributed by atoms with Gasteiger partial charge in [0.1, 0.15) is 10.1 Å². The van der Waals surface area contributed by atoms with E-state index in [1.54, 1.807) is 29.2 Å². The van der Waals surface area contributed by atoms with Crippen LogP contribution in [0.4, 0.5) is 0 Å². The Morgan fingerprint density at radius 1 is 1.42 bits per heavy atom. The van der Waals surface area contributed by atoms with Gasteiger partial charge in [0.15, 0.2) is 0 Å². The molecule has 1 fully saturated rings.